The minimum atomic E-state index is -1.53. The Labute approximate surface area is 646 Å². The lowest BCUT2D eigenvalue weighted by Crippen LogP contribution is -2.61. The number of carboxylic acids is 2. The molecule has 12 atom stereocenters. The van der Waals surface area contributed by atoms with E-state index < -0.39 is 193 Å². The molecule has 30 nitrogen and oxygen atoms in total. The number of hydrogen-bond acceptors (Lipinski definition) is 20. The molecule has 33 heteroatoms. The number of H-pyrrole nitrogens is 3. The highest BCUT2D eigenvalue weighted by atomic mass is 33.1. The smallest absolute Gasteiger partial charge is 0.317 e. The molecule has 584 valence electrons. The second-order valence-corrected chi connectivity index (χ2v) is 31.9. The van der Waals surface area contributed by atoms with Gasteiger partial charge in [-0.3, -0.25) is 77.0 Å². The zero-order valence-corrected chi connectivity index (χ0v) is 63.6. The molecule has 8 amide bonds. The molecule has 0 aliphatic carbocycles. The number of aliphatic carboxylic acids is 2. The maximum Gasteiger partial charge on any atom is 0.317 e. The molecule has 4 aliphatic rings. The maximum absolute atomic E-state index is 15.7. The number of aliphatic imine (C=N–C) groups is 1. The van der Waals surface area contributed by atoms with E-state index in [9.17, 15) is 39.0 Å². The van der Waals surface area contributed by atoms with Crippen LogP contribution in [0.4, 0.5) is 0 Å². The zero-order valence-electron chi connectivity index (χ0n) is 61.2. The lowest BCUT2D eigenvalue weighted by Gasteiger charge is -2.30. The van der Waals surface area contributed by atoms with Crippen molar-refractivity contribution in [2.24, 2.45) is 28.7 Å². The number of amides is 8. The van der Waals surface area contributed by atoms with Gasteiger partial charge in [-0.2, -0.15) is 0 Å². The predicted molar refractivity (Wildman–Crippen MR) is 414 cm³/mol. The number of carboxylic acid groups (broad SMARTS) is 2. The highest BCUT2D eigenvalue weighted by molar-refractivity contribution is 8.76. The molecule has 12 N–H and O–H groups in total. The quantitative estimate of drug-likeness (QED) is 0.0401. The molecule has 7 heterocycles. The maximum atomic E-state index is 15.7. The number of unbranched alkanes of at least 4 members (excludes halogenated alkanes) is 1. The monoisotopic (exact) mass is 1560 g/mol. The number of hydrogen-bond donors (Lipinski definition) is 12. The molecule has 3 aromatic carbocycles. The standard InChI is InChI=1S/C77H92N14O16S3/c1-43-24-65(93)50-30-66(94)47(27-48-33-80-55-19-9-7-17-53(48)55)29-67(95)58(31-51-16-13-22-79-51)85-73(103)59(26-46-14-5-4-6-15-46)87-75(105)61(32-52-35-78-41-82-52)88-76(106)63-40-108-42-91(63)77(107)62(39-110-109-38-50)89-74(104)60(28-49-34-81-56-20-10-8-18-54(49)56)86-71(101)45(3)83-72(102)57(84-70(100)44(2)25-64(43)92)21-11-12-23-90(36-68(96)97)37-69(98)99/h4-10,14-20,22,33-35,41,43-45,47,50,57-63,80-81H,11-13,21,23-32,36-40,42H2,1-3H3,(H,78,82)(H,83,102)(H,84,100)(H,85,103)(H,86,101)(H,87,105)(H,88,106)(H,89,104)(H,96,97)(H,98,99)/t43-,44-,45+,47-,50+,57+,58+,59-,60+,61+,62+,63+/m1/s1. The van der Waals surface area contributed by atoms with Crippen LogP contribution < -0.4 is 37.2 Å². The lowest BCUT2D eigenvalue weighted by atomic mass is 9.82. The molecule has 2 bridgehead atoms. The largest absolute Gasteiger partial charge is 0.480 e. The number of carbonyl (C=O) groups is 14. The van der Waals surface area contributed by atoms with Crippen LogP contribution in [0.2, 0.25) is 0 Å². The van der Waals surface area contributed by atoms with Crippen LogP contribution in [0.25, 0.3) is 21.8 Å². The Bertz CT molecular complexity index is 4420. The van der Waals surface area contributed by atoms with Gasteiger partial charge in [0.1, 0.15) is 59.6 Å². The first-order valence-corrected chi connectivity index (χ1v) is 40.3. The molecule has 3 fully saturated rings. The summed E-state index contributed by atoms with van der Waals surface area (Å²) in [5, 5.41) is 40.0. The van der Waals surface area contributed by atoms with E-state index in [0.29, 0.717) is 45.4 Å². The summed E-state index contributed by atoms with van der Waals surface area (Å²) in [6, 6.07) is 12.0. The average molecular weight is 1570 g/mol. The second kappa shape index (κ2) is 39.4. The minimum absolute atomic E-state index is 0.0103. The van der Waals surface area contributed by atoms with Crippen molar-refractivity contribution in [1.29, 1.82) is 0 Å². The predicted octanol–water partition coefficient (Wildman–Crippen LogP) is 4.10. The number of nitrogens with zero attached hydrogens (tertiary/aromatic N) is 4. The molecule has 0 unspecified atom stereocenters. The number of fused-ring (bicyclic) bond motifs is 8. The average Bonchev–Trinajstić information content (AvgIpc) is 1.66. The van der Waals surface area contributed by atoms with E-state index in [1.165, 1.54) is 54.9 Å². The van der Waals surface area contributed by atoms with E-state index in [-0.39, 0.29) is 81.0 Å². The van der Waals surface area contributed by atoms with Crippen molar-refractivity contribution >= 4 is 144 Å². The van der Waals surface area contributed by atoms with Crippen LogP contribution in [0.3, 0.4) is 0 Å². The number of aromatic amines is 3. The molecule has 4 aliphatic heterocycles. The number of allylic oxidation sites excluding steroid dienone is 1. The van der Waals surface area contributed by atoms with Crippen molar-refractivity contribution in [3.8, 4) is 0 Å². The molecule has 6 aromatic rings. The highest BCUT2D eigenvalue weighted by Gasteiger charge is 2.43. The summed E-state index contributed by atoms with van der Waals surface area (Å²) in [5.41, 5.74) is 4.09. The number of carbonyl (C=O) groups excluding carboxylic acids is 12. The van der Waals surface area contributed by atoms with E-state index in [4.69, 9.17) is 0 Å². The number of ketones is 4. The Morgan fingerprint density at radius 1 is 0.536 bits per heavy atom. The van der Waals surface area contributed by atoms with Crippen molar-refractivity contribution in [1.82, 2.24) is 67.0 Å². The van der Waals surface area contributed by atoms with Crippen LogP contribution in [0.5, 0.6) is 0 Å². The number of imidazole rings is 1. The Morgan fingerprint density at radius 2 is 1.13 bits per heavy atom. The third kappa shape index (κ3) is 22.9. The normalized spacial score (nSPS) is 25.4. The summed E-state index contributed by atoms with van der Waals surface area (Å²) in [4.78, 5) is 225. The molecule has 10 rings (SSSR count). The van der Waals surface area contributed by atoms with Gasteiger partial charge in [0.25, 0.3) is 0 Å². The van der Waals surface area contributed by atoms with E-state index >= 15 is 38.4 Å². The first kappa shape index (κ1) is 82.2. The first-order valence-electron chi connectivity index (χ1n) is 36.7. The van der Waals surface area contributed by atoms with Gasteiger partial charge in [-0.15, -0.1) is 11.8 Å². The number of Topliss-reactive ketones (excluding diaryl/α,β-unsaturated/α-hetero) is 4. The number of benzene rings is 3. The number of rotatable bonds is 19. The topological polar surface area (TPSA) is 443 Å². The zero-order chi connectivity index (χ0) is 78.5. The van der Waals surface area contributed by atoms with Crippen molar-refractivity contribution in [2.45, 2.75) is 153 Å². The third-order valence-corrected chi connectivity index (χ3v) is 23.5. The number of thioether (sulfide) groups is 1. The summed E-state index contributed by atoms with van der Waals surface area (Å²) in [5.74, 6) is -16.2. The molecule has 3 saturated heterocycles. The van der Waals surface area contributed by atoms with Crippen molar-refractivity contribution in [3.05, 3.63) is 138 Å². The van der Waals surface area contributed by atoms with Gasteiger partial charge in [0.15, 0.2) is 5.78 Å². The van der Waals surface area contributed by atoms with E-state index in [1.807, 2.05) is 24.3 Å². The summed E-state index contributed by atoms with van der Waals surface area (Å²) in [6.45, 7) is 3.08. The van der Waals surface area contributed by atoms with E-state index in [1.54, 1.807) is 79.3 Å². The SMILES string of the molecule is C[C@@H]1CC(=O)[C@@H]2CSSC[C@H](NC(=O)[C@H](Cc3c[nH]c4ccccc34)NC(=O)[C@H](C)NC(=O)[C@H](CCCCN(CC(=O)O)CC(=O)O)NC(=O)[C@H](C)CC1=O)C(=O)N1CSC[C@H]1C(=O)N[C@@H](Cc1c[nH]cn1)C(=O)N[C@H](Cc1ccccc1)C(=O)N[C@@H](CC1=CCC=N1)C(=O)C[C@@H](Cc1c[nH]c3ccccc13)C(=O)C2. The Hall–Kier alpha value is -10.3. The minimum Gasteiger partial charge on any atom is -0.480 e. The molecule has 0 radical (unpaired) electrons. The van der Waals surface area contributed by atoms with Crippen LogP contribution in [0, 0.1) is 23.7 Å². The number of para-hydroxylation sites is 2. The summed E-state index contributed by atoms with van der Waals surface area (Å²) >= 11 is 1.21. The van der Waals surface area contributed by atoms with Crippen LogP contribution in [-0.4, -0.2) is 220 Å². The van der Waals surface area contributed by atoms with Crippen molar-refractivity contribution < 1.29 is 77.3 Å². The van der Waals surface area contributed by atoms with Crippen LogP contribution in [0.15, 0.2) is 121 Å². The lowest BCUT2D eigenvalue weighted by molar-refractivity contribution is -0.142. The number of aromatic nitrogens is 4. The van der Waals surface area contributed by atoms with Gasteiger partial charge in [0.2, 0.25) is 47.3 Å². The number of nitrogens with one attached hydrogen (secondary N) is 10. The summed E-state index contributed by atoms with van der Waals surface area (Å²) in [6.07, 6.45) is 7.89. The Kier molecular flexibility index (Phi) is 29.5. The van der Waals surface area contributed by atoms with Gasteiger partial charge in [-0.1, -0.05) is 108 Å². The molecule has 110 heavy (non-hydrogen) atoms. The molecule has 0 saturated carbocycles. The second-order valence-electron chi connectivity index (χ2n) is 28.4. The fourth-order valence-corrected chi connectivity index (χ4v) is 17.5. The van der Waals surface area contributed by atoms with Crippen LogP contribution >= 0.6 is 33.3 Å². The van der Waals surface area contributed by atoms with Gasteiger partial charge in [-0.25, -0.2) is 4.98 Å². The van der Waals surface area contributed by atoms with Crippen molar-refractivity contribution in [2.75, 3.05) is 42.8 Å². The molecular formula is C77H92N14O16S3. The van der Waals surface area contributed by atoms with Crippen molar-refractivity contribution in [3.63, 3.8) is 0 Å². The highest BCUT2D eigenvalue weighted by Crippen LogP contribution is 2.33. The van der Waals surface area contributed by atoms with Gasteiger partial charge >= 0.3 is 11.9 Å². The van der Waals surface area contributed by atoms with Crippen LogP contribution in [-0.2, 0) is 92.8 Å². The van der Waals surface area contributed by atoms with Gasteiger partial charge in [-0.05, 0) is 68.0 Å². The molecule has 0 spiro atoms. The Balaban J connectivity index is 1.05. The fourth-order valence-electron chi connectivity index (χ4n) is 13.8. The molecular weight excluding hydrogens is 1470 g/mol. The molecule has 3 aromatic heterocycles. The third-order valence-electron chi connectivity index (χ3n) is 20.0. The van der Waals surface area contributed by atoms with Gasteiger partial charge in [0, 0.05) is 151 Å². The van der Waals surface area contributed by atoms with Gasteiger partial charge in [0.05, 0.1) is 37.0 Å². The van der Waals surface area contributed by atoms with E-state index in [0.717, 1.165) is 32.5 Å². The summed E-state index contributed by atoms with van der Waals surface area (Å²) in [7, 11) is 2.14. The first-order chi connectivity index (χ1) is 52.8. The van der Waals surface area contributed by atoms with E-state index in [2.05, 4.69) is 62.1 Å². The fraction of sp³-hybridized carbons (Fsp3) is 0.455. The van der Waals surface area contributed by atoms with Crippen LogP contribution in [0.1, 0.15) is 101 Å². The summed E-state index contributed by atoms with van der Waals surface area (Å²) < 4.78 is 0. The van der Waals surface area contributed by atoms with Gasteiger partial charge < -0.3 is 67.3 Å². The Morgan fingerprint density at radius 3 is 1.79 bits per heavy atom.